The van der Waals surface area contributed by atoms with Gasteiger partial charge in [-0.1, -0.05) is 22.9 Å². The highest BCUT2D eigenvalue weighted by Gasteiger charge is 2.06. The summed E-state index contributed by atoms with van der Waals surface area (Å²) in [7, 11) is 0. The van der Waals surface area contributed by atoms with Crippen molar-refractivity contribution in [1.82, 2.24) is 0 Å². The Morgan fingerprint density at radius 2 is 2.06 bits per heavy atom. The number of carbonyl (C=O) groups is 1. The predicted molar refractivity (Wildman–Crippen MR) is 68.3 cm³/mol. The van der Waals surface area contributed by atoms with Crippen LogP contribution in [0.5, 0.6) is 0 Å². The van der Waals surface area contributed by atoms with Gasteiger partial charge in [0.15, 0.2) is 0 Å². The molecule has 0 spiro atoms. The molecular formula is C12H16BrNO2. The van der Waals surface area contributed by atoms with Crippen LogP contribution in [0.3, 0.4) is 0 Å². The van der Waals surface area contributed by atoms with E-state index in [1.807, 2.05) is 31.2 Å². The minimum absolute atomic E-state index is 0.0115. The lowest BCUT2D eigenvalue weighted by molar-refractivity contribution is -0.116. The first-order valence-corrected chi connectivity index (χ1v) is 6.07. The number of rotatable bonds is 5. The van der Waals surface area contributed by atoms with Crippen molar-refractivity contribution in [2.24, 2.45) is 5.92 Å². The third-order valence-corrected chi connectivity index (χ3v) is 2.83. The summed E-state index contributed by atoms with van der Waals surface area (Å²) in [5.41, 5.74) is 0.796. The molecule has 0 unspecified atom stereocenters. The van der Waals surface area contributed by atoms with Gasteiger partial charge in [-0.15, -0.1) is 0 Å². The molecule has 88 valence electrons. The number of amides is 1. The Morgan fingerprint density at radius 3 is 2.62 bits per heavy atom. The Kier molecular flexibility index (Phi) is 5.49. The number of carbonyl (C=O) groups excluding carboxylic acids is 1. The lowest BCUT2D eigenvalue weighted by Gasteiger charge is -2.08. The van der Waals surface area contributed by atoms with Crippen LogP contribution in [0.25, 0.3) is 0 Å². The van der Waals surface area contributed by atoms with Gasteiger partial charge >= 0.3 is 0 Å². The maximum Gasteiger partial charge on any atom is 0.224 e. The molecule has 1 aromatic carbocycles. The van der Waals surface area contributed by atoms with Crippen LogP contribution in [0.2, 0.25) is 0 Å². The van der Waals surface area contributed by atoms with Crippen molar-refractivity contribution in [2.45, 2.75) is 19.8 Å². The maximum absolute atomic E-state index is 11.5. The second-order valence-electron chi connectivity index (χ2n) is 3.88. The Bertz CT molecular complexity index is 337. The van der Waals surface area contributed by atoms with Crippen LogP contribution in [0.15, 0.2) is 28.7 Å². The van der Waals surface area contributed by atoms with Crippen LogP contribution in [0, 0.1) is 5.92 Å². The highest BCUT2D eigenvalue weighted by atomic mass is 79.9. The van der Waals surface area contributed by atoms with Crippen molar-refractivity contribution >= 4 is 27.5 Å². The van der Waals surface area contributed by atoms with E-state index in [2.05, 4.69) is 21.2 Å². The fourth-order valence-electron chi connectivity index (χ4n) is 1.23. The summed E-state index contributed by atoms with van der Waals surface area (Å²) in [6.07, 6.45) is 1.15. The Morgan fingerprint density at radius 1 is 1.44 bits per heavy atom. The molecule has 1 rings (SSSR count). The highest BCUT2D eigenvalue weighted by molar-refractivity contribution is 9.10. The fourth-order valence-corrected chi connectivity index (χ4v) is 1.49. The molecule has 0 fully saturated rings. The topological polar surface area (TPSA) is 49.3 Å². The second kappa shape index (κ2) is 6.66. The predicted octanol–water partition coefficient (Wildman–Crippen LogP) is 2.80. The molecule has 1 aromatic rings. The molecule has 0 radical (unpaired) electrons. The average Bonchev–Trinajstić information content (AvgIpc) is 2.29. The Hall–Kier alpha value is -0.870. The Labute approximate surface area is 104 Å². The monoisotopic (exact) mass is 285 g/mol. The summed E-state index contributed by atoms with van der Waals surface area (Å²) in [6, 6.07) is 7.45. The second-order valence-corrected chi connectivity index (χ2v) is 4.80. The first-order valence-electron chi connectivity index (χ1n) is 5.28. The van der Waals surface area contributed by atoms with Gasteiger partial charge < -0.3 is 10.4 Å². The van der Waals surface area contributed by atoms with Crippen molar-refractivity contribution in [2.75, 3.05) is 11.9 Å². The molecule has 0 aliphatic heterocycles. The van der Waals surface area contributed by atoms with Gasteiger partial charge in [0.1, 0.15) is 0 Å². The van der Waals surface area contributed by atoms with E-state index in [1.165, 1.54) is 0 Å². The molecule has 16 heavy (non-hydrogen) atoms. The molecule has 2 N–H and O–H groups in total. The van der Waals surface area contributed by atoms with Gasteiger partial charge in [-0.25, -0.2) is 0 Å². The van der Waals surface area contributed by atoms with Gasteiger partial charge in [0.25, 0.3) is 0 Å². The number of halogens is 1. The van der Waals surface area contributed by atoms with Crippen molar-refractivity contribution in [3.63, 3.8) is 0 Å². The largest absolute Gasteiger partial charge is 0.396 e. The van der Waals surface area contributed by atoms with Gasteiger partial charge in [-0.05, 0) is 36.6 Å². The number of benzene rings is 1. The number of aliphatic hydroxyl groups excluding tert-OH is 1. The zero-order chi connectivity index (χ0) is 12.0. The molecule has 0 bridgehead atoms. The van der Waals surface area contributed by atoms with Crippen molar-refractivity contribution in [3.05, 3.63) is 28.7 Å². The van der Waals surface area contributed by atoms with Gasteiger partial charge in [0, 0.05) is 23.2 Å². The summed E-state index contributed by atoms with van der Waals surface area (Å²) >= 11 is 3.33. The van der Waals surface area contributed by atoms with E-state index in [9.17, 15) is 4.79 Å². The molecule has 1 atom stereocenters. The van der Waals surface area contributed by atoms with E-state index in [4.69, 9.17) is 5.11 Å². The van der Waals surface area contributed by atoms with Crippen LogP contribution in [0.1, 0.15) is 19.8 Å². The number of hydrogen-bond acceptors (Lipinski definition) is 2. The number of aliphatic hydroxyl groups is 1. The number of nitrogens with one attached hydrogen (secondary N) is 1. The number of hydrogen-bond donors (Lipinski definition) is 2. The van der Waals surface area contributed by atoms with Gasteiger partial charge in [-0.2, -0.15) is 0 Å². The molecule has 0 aliphatic carbocycles. The molecule has 0 aromatic heterocycles. The van der Waals surface area contributed by atoms with E-state index in [1.54, 1.807) is 0 Å². The molecule has 1 amide bonds. The molecule has 0 aliphatic rings. The van der Waals surface area contributed by atoms with E-state index < -0.39 is 0 Å². The van der Waals surface area contributed by atoms with Crippen LogP contribution in [-0.4, -0.2) is 17.6 Å². The quantitative estimate of drug-likeness (QED) is 0.874. The van der Waals surface area contributed by atoms with Crippen molar-refractivity contribution < 1.29 is 9.90 Å². The van der Waals surface area contributed by atoms with Crippen molar-refractivity contribution in [1.29, 1.82) is 0 Å². The molecular weight excluding hydrogens is 270 g/mol. The fraction of sp³-hybridized carbons (Fsp3) is 0.417. The third kappa shape index (κ3) is 4.77. The summed E-state index contributed by atoms with van der Waals surface area (Å²) in [4.78, 5) is 11.5. The van der Waals surface area contributed by atoms with Crippen LogP contribution in [-0.2, 0) is 4.79 Å². The smallest absolute Gasteiger partial charge is 0.224 e. The maximum atomic E-state index is 11.5. The SMILES string of the molecule is C[C@H](CO)CCC(=O)Nc1ccc(Br)cc1. The summed E-state index contributed by atoms with van der Waals surface area (Å²) in [5.74, 6) is 0.165. The third-order valence-electron chi connectivity index (χ3n) is 2.30. The van der Waals surface area contributed by atoms with Gasteiger partial charge in [0.2, 0.25) is 5.91 Å². The molecule has 0 saturated carbocycles. The normalized spacial score (nSPS) is 12.2. The number of anilines is 1. The van der Waals surface area contributed by atoms with E-state index >= 15 is 0 Å². The molecule has 4 heteroatoms. The first kappa shape index (κ1) is 13.2. The Balaban J connectivity index is 2.37. The highest BCUT2D eigenvalue weighted by Crippen LogP contribution is 2.14. The zero-order valence-electron chi connectivity index (χ0n) is 9.24. The summed E-state index contributed by atoms with van der Waals surface area (Å²) < 4.78 is 0.986. The van der Waals surface area contributed by atoms with Crippen LogP contribution < -0.4 is 5.32 Å². The zero-order valence-corrected chi connectivity index (χ0v) is 10.8. The molecule has 3 nitrogen and oxygen atoms in total. The van der Waals surface area contributed by atoms with E-state index in [0.29, 0.717) is 12.8 Å². The standard InChI is InChI=1S/C12H16BrNO2/c1-9(8-15)2-7-12(16)14-11-5-3-10(13)4-6-11/h3-6,9,15H,2,7-8H2,1H3,(H,14,16)/t9-/m0/s1. The summed E-state index contributed by atoms with van der Waals surface area (Å²) in [6.45, 7) is 2.05. The molecule has 0 heterocycles. The lowest BCUT2D eigenvalue weighted by atomic mass is 10.1. The molecule has 0 saturated heterocycles. The van der Waals surface area contributed by atoms with Crippen LogP contribution in [0.4, 0.5) is 5.69 Å². The van der Waals surface area contributed by atoms with Gasteiger partial charge in [0.05, 0.1) is 0 Å². The first-order chi connectivity index (χ1) is 7.61. The minimum Gasteiger partial charge on any atom is -0.396 e. The van der Waals surface area contributed by atoms with E-state index in [0.717, 1.165) is 10.2 Å². The minimum atomic E-state index is -0.0115. The van der Waals surface area contributed by atoms with E-state index in [-0.39, 0.29) is 18.4 Å². The lowest BCUT2D eigenvalue weighted by Crippen LogP contribution is -2.13. The van der Waals surface area contributed by atoms with Crippen molar-refractivity contribution in [3.8, 4) is 0 Å². The van der Waals surface area contributed by atoms with Crippen LogP contribution >= 0.6 is 15.9 Å². The van der Waals surface area contributed by atoms with Gasteiger partial charge in [-0.3, -0.25) is 4.79 Å². The average molecular weight is 286 g/mol. The summed E-state index contributed by atoms with van der Waals surface area (Å²) in [5, 5.41) is 11.6.